The first-order chi connectivity index (χ1) is 14.5. The van der Waals surface area contributed by atoms with E-state index < -0.39 is 11.9 Å². The standard InChI is InChI=1S/C24H15BrFNO3/c25-16-9-10-19-18(12-16)22(28)20-21(15-7-4-8-17(26)11-15)27(24(29)23(20)30-19)13-14-5-2-1-3-6-14/h1-12,21H,13H2. The van der Waals surface area contributed by atoms with Gasteiger partial charge in [0.25, 0.3) is 5.91 Å². The van der Waals surface area contributed by atoms with Crippen molar-refractivity contribution < 1.29 is 13.6 Å². The Kier molecular flexibility index (Phi) is 4.51. The third-order valence-corrected chi connectivity index (χ3v) is 5.78. The fourth-order valence-electron chi connectivity index (χ4n) is 3.96. The minimum absolute atomic E-state index is 0.0139. The summed E-state index contributed by atoms with van der Waals surface area (Å²) in [4.78, 5) is 28.3. The zero-order valence-electron chi connectivity index (χ0n) is 15.6. The molecule has 5 rings (SSSR count). The molecule has 4 nitrogen and oxygen atoms in total. The Morgan fingerprint density at radius 1 is 0.967 bits per heavy atom. The third kappa shape index (κ3) is 3.04. The SMILES string of the molecule is O=C1c2oc3ccc(Br)cc3c(=O)c2C(c2cccc(F)c2)N1Cc1ccccc1. The lowest BCUT2D eigenvalue weighted by Crippen LogP contribution is -2.29. The van der Waals surface area contributed by atoms with Crippen molar-refractivity contribution in [2.24, 2.45) is 0 Å². The summed E-state index contributed by atoms with van der Waals surface area (Å²) in [7, 11) is 0. The van der Waals surface area contributed by atoms with Crippen LogP contribution in [-0.2, 0) is 6.54 Å². The van der Waals surface area contributed by atoms with Crippen molar-refractivity contribution in [2.45, 2.75) is 12.6 Å². The quantitative estimate of drug-likeness (QED) is 0.406. The normalized spacial score (nSPS) is 15.6. The maximum Gasteiger partial charge on any atom is 0.291 e. The number of nitrogens with zero attached hydrogens (tertiary/aromatic N) is 1. The first kappa shape index (κ1) is 18.8. The van der Waals surface area contributed by atoms with Gasteiger partial charge < -0.3 is 9.32 Å². The summed E-state index contributed by atoms with van der Waals surface area (Å²) in [5, 5.41) is 0.374. The van der Waals surface area contributed by atoms with Crippen molar-refractivity contribution in [2.75, 3.05) is 0 Å². The van der Waals surface area contributed by atoms with Crippen molar-refractivity contribution in [3.8, 4) is 0 Å². The van der Waals surface area contributed by atoms with Crippen molar-refractivity contribution in [3.05, 3.63) is 116 Å². The Morgan fingerprint density at radius 2 is 1.77 bits per heavy atom. The number of benzene rings is 3. The van der Waals surface area contributed by atoms with Crippen molar-refractivity contribution in [1.29, 1.82) is 0 Å². The Morgan fingerprint density at radius 3 is 2.53 bits per heavy atom. The molecule has 148 valence electrons. The van der Waals surface area contributed by atoms with Crippen LogP contribution in [0.1, 0.15) is 33.3 Å². The molecule has 0 bridgehead atoms. The minimum atomic E-state index is -0.733. The first-order valence-corrected chi connectivity index (χ1v) is 10.2. The first-order valence-electron chi connectivity index (χ1n) is 9.39. The van der Waals surface area contributed by atoms with Gasteiger partial charge in [0.05, 0.1) is 17.0 Å². The molecule has 1 aliphatic rings. The molecule has 0 saturated heterocycles. The molecule has 30 heavy (non-hydrogen) atoms. The molecule has 1 atom stereocenters. The van der Waals surface area contributed by atoms with Crippen molar-refractivity contribution in [1.82, 2.24) is 4.90 Å². The van der Waals surface area contributed by atoms with E-state index in [0.29, 0.717) is 16.5 Å². The Bertz CT molecular complexity index is 1350. The summed E-state index contributed by atoms with van der Waals surface area (Å²) in [6, 6.07) is 19.8. The van der Waals surface area contributed by atoms with Crippen LogP contribution in [0, 0.1) is 5.82 Å². The van der Waals surface area contributed by atoms with E-state index in [1.54, 1.807) is 35.2 Å². The highest BCUT2D eigenvalue weighted by atomic mass is 79.9. The maximum absolute atomic E-state index is 14.0. The highest BCUT2D eigenvalue weighted by Gasteiger charge is 2.42. The summed E-state index contributed by atoms with van der Waals surface area (Å²) in [5.74, 6) is -0.800. The second-order valence-corrected chi connectivity index (χ2v) is 8.11. The van der Waals surface area contributed by atoms with Crippen LogP contribution in [-0.4, -0.2) is 10.8 Å². The maximum atomic E-state index is 14.0. The molecule has 0 aliphatic carbocycles. The highest BCUT2D eigenvalue weighted by molar-refractivity contribution is 9.10. The summed E-state index contributed by atoms with van der Waals surface area (Å²) < 4.78 is 20.7. The monoisotopic (exact) mass is 463 g/mol. The van der Waals surface area contributed by atoms with Gasteiger partial charge in [-0.1, -0.05) is 58.4 Å². The van der Waals surface area contributed by atoms with E-state index in [0.717, 1.165) is 10.0 Å². The second kappa shape index (κ2) is 7.22. The Labute approximate surface area is 179 Å². The molecule has 0 spiro atoms. The van der Waals surface area contributed by atoms with Gasteiger partial charge in [-0.25, -0.2) is 4.39 Å². The number of hydrogen-bond acceptors (Lipinski definition) is 3. The molecule has 0 fully saturated rings. The molecular weight excluding hydrogens is 449 g/mol. The van der Waals surface area contributed by atoms with Crippen LogP contribution >= 0.6 is 15.9 Å². The zero-order chi connectivity index (χ0) is 20.8. The lowest BCUT2D eigenvalue weighted by molar-refractivity contribution is 0.0714. The minimum Gasteiger partial charge on any atom is -0.450 e. The Hall–Kier alpha value is -3.25. The molecule has 0 N–H and O–H groups in total. The number of amides is 1. The molecule has 2 heterocycles. The lowest BCUT2D eigenvalue weighted by atomic mass is 9.98. The number of carbonyl (C=O) groups is 1. The van der Waals surface area contributed by atoms with Gasteiger partial charge in [-0.3, -0.25) is 9.59 Å². The molecule has 1 aromatic heterocycles. The predicted molar refractivity (Wildman–Crippen MR) is 115 cm³/mol. The van der Waals surface area contributed by atoms with Crippen LogP contribution in [0.25, 0.3) is 11.0 Å². The van der Waals surface area contributed by atoms with Gasteiger partial charge in [-0.05, 0) is 41.5 Å². The molecule has 1 aliphatic heterocycles. The van der Waals surface area contributed by atoms with Gasteiger partial charge in [0.15, 0.2) is 5.43 Å². The number of halogens is 2. The van der Waals surface area contributed by atoms with Crippen molar-refractivity contribution >= 4 is 32.8 Å². The smallest absolute Gasteiger partial charge is 0.291 e. The van der Waals surface area contributed by atoms with Crippen LogP contribution in [0.15, 0.2) is 86.5 Å². The van der Waals surface area contributed by atoms with Gasteiger partial charge in [-0.2, -0.15) is 0 Å². The number of carbonyl (C=O) groups excluding carboxylic acids is 1. The topological polar surface area (TPSA) is 50.5 Å². The molecule has 0 saturated carbocycles. The largest absolute Gasteiger partial charge is 0.450 e. The molecule has 1 unspecified atom stereocenters. The molecule has 6 heteroatoms. The van der Waals surface area contributed by atoms with E-state index in [9.17, 15) is 14.0 Å². The predicted octanol–water partition coefficient (Wildman–Crippen LogP) is 5.44. The fourth-order valence-corrected chi connectivity index (χ4v) is 4.32. The summed E-state index contributed by atoms with van der Waals surface area (Å²) in [6.07, 6.45) is 0. The average molecular weight is 464 g/mol. The molecule has 0 radical (unpaired) electrons. The lowest BCUT2D eigenvalue weighted by Gasteiger charge is -2.25. The average Bonchev–Trinajstić information content (AvgIpc) is 3.02. The number of fused-ring (bicyclic) bond motifs is 2. The number of hydrogen-bond donors (Lipinski definition) is 0. The highest BCUT2D eigenvalue weighted by Crippen LogP contribution is 2.39. The van der Waals surface area contributed by atoms with Crippen LogP contribution in [0.3, 0.4) is 0 Å². The van der Waals surface area contributed by atoms with Gasteiger partial charge in [-0.15, -0.1) is 0 Å². The van der Waals surface area contributed by atoms with Crippen LogP contribution in [0.2, 0.25) is 0 Å². The van der Waals surface area contributed by atoms with E-state index in [4.69, 9.17) is 4.42 Å². The van der Waals surface area contributed by atoms with Gasteiger partial charge in [0.2, 0.25) is 5.76 Å². The van der Waals surface area contributed by atoms with Gasteiger partial charge >= 0.3 is 0 Å². The van der Waals surface area contributed by atoms with E-state index >= 15 is 0 Å². The summed E-state index contributed by atoms with van der Waals surface area (Å²) in [5.41, 5.74) is 1.73. The van der Waals surface area contributed by atoms with Gasteiger partial charge in [0, 0.05) is 11.0 Å². The second-order valence-electron chi connectivity index (χ2n) is 7.19. The zero-order valence-corrected chi connectivity index (χ0v) is 17.2. The van der Waals surface area contributed by atoms with E-state index in [2.05, 4.69) is 15.9 Å². The van der Waals surface area contributed by atoms with Crippen LogP contribution in [0.5, 0.6) is 0 Å². The number of rotatable bonds is 3. The van der Waals surface area contributed by atoms with Crippen LogP contribution in [0.4, 0.5) is 4.39 Å². The molecule has 3 aromatic carbocycles. The van der Waals surface area contributed by atoms with E-state index in [1.165, 1.54) is 12.1 Å². The van der Waals surface area contributed by atoms with Gasteiger partial charge in [0.1, 0.15) is 11.4 Å². The van der Waals surface area contributed by atoms with E-state index in [1.807, 2.05) is 30.3 Å². The Balaban J connectivity index is 1.75. The van der Waals surface area contributed by atoms with Crippen molar-refractivity contribution in [3.63, 3.8) is 0 Å². The molecule has 1 amide bonds. The summed E-state index contributed by atoms with van der Waals surface area (Å²) >= 11 is 3.38. The molecule has 4 aromatic rings. The molecular formula is C24H15BrFNO3. The fraction of sp³-hybridized carbons (Fsp3) is 0.0833. The summed E-state index contributed by atoms with van der Waals surface area (Å²) in [6.45, 7) is 0.268. The van der Waals surface area contributed by atoms with Crippen LogP contribution < -0.4 is 5.43 Å². The van der Waals surface area contributed by atoms with E-state index in [-0.39, 0.29) is 29.2 Å². The third-order valence-electron chi connectivity index (χ3n) is 5.29.